The van der Waals surface area contributed by atoms with Crippen molar-refractivity contribution >= 4 is 0 Å². The zero-order chi connectivity index (χ0) is 6.69. The van der Waals surface area contributed by atoms with Crippen molar-refractivity contribution in [2.75, 3.05) is 6.67 Å². The lowest BCUT2D eigenvalue weighted by atomic mass is 10.3. The molecule has 0 aliphatic heterocycles. The summed E-state index contributed by atoms with van der Waals surface area (Å²) in [6, 6.07) is 0. The lowest BCUT2D eigenvalue weighted by molar-refractivity contribution is 0.118. The molecule has 0 aliphatic rings. The highest BCUT2D eigenvalue weighted by Crippen LogP contribution is 2.10. The molecule has 9 heavy (non-hydrogen) atoms. The molecule has 3 nitrogen and oxygen atoms in total. The zero-order valence-electron chi connectivity index (χ0n) is 4.62. The van der Waals surface area contributed by atoms with Crippen molar-refractivity contribution in [3.63, 3.8) is 0 Å². The van der Waals surface area contributed by atoms with Crippen molar-refractivity contribution in [3.05, 3.63) is 18.4 Å². The van der Waals surface area contributed by atoms with Gasteiger partial charge in [0.1, 0.15) is 12.8 Å². The van der Waals surface area contributed by atoms with E-state index in [-0.39, 0.29) is 5.76 Å². The lowest BCUT2D eigenvalue weighted by Gasteiger charge is -1.97. The molecule has 1 aromatic heterocycles. The van der Waals surface area contributed by atoms with Gasteiger partial charge in [0, 0.05) is 0 Å². The summed E-state index contributed by atoms with van der Waals surface area (Å²) in [6.45, 7) is -0.838. The van der Waals surface area contributed by atoms with Crippen LogP contribution in [0.1, 0.15) is 11.9 Å². The van der Waals surface area contributed by atoms with Crippen molar-refractivity contribution in [1.82, 2.24) is 4.98 Å². The molecule has 0 aromatic carbocycles. The number of alkyl halides is 1. The van der Waals surface area contributed by atoms with E-state index in [2.05, 4.69) is 9.40 Å². The van der Waals surface area contributed by atoms with E-state index < -0.39 is 12.8 Å². The van der Waals surface area contributed by atoms with E-state index in [1.54, 1.807) is 0 Å². The Balaban J connectivity index is 2.65. The van der Waals surface area contributed by atoms with E-state index in [0.29, 0.717) is 0 Å². The van der Waals surface area contributed by atoms with Crippen LogP contribution >= 0.6 is 0 Å². The normalized spacial score (nSPS) is 13.6. The lowest BCUT2D eigenvalue weighted by Crippen LogP contribution is -1.96. The summed E-state index contributed by atoms with van der Waals surface area (Å²) in [4.78, 5) is 3.50. The first kappa shape index (κ1) is 6.22. The number of aromatic nitrogens is 1. The van der Waals surface area contributed by atoms with Crippen molar-refractivity contribution in [2.45, 2.75) is 6.10 Å². The monoisotopic (exact) mass is 131 g/mol. The molecule has 1 aromatic rings. The third kappa shape index (κ3) is 1.26. The van der Waals surface area contributed by atoms with Gasteiger partial charge in [-0.15, -0.1) is 0 Å². The first-order valence-corrected chi connectivity index (χ1v) is 2.47. The molecule has 0 bridgehead atoms. The first-order valence-electron chi connectivity index (χ1n) is 2.47. The van der Waals surface area contributed by atoms with Crippen LogP contribution in [0.3, 0.4) is 0 Å². The van der Waals surface area contributed by atoms with Gasteiger partial charge >= 0.3 is 0 Å². The van der Waals surface area contributed by atoms with E-state index >= 15 is 0 Å². The molecule has 4 heteroatoms. The standard InChI is InChI=1S/C5H6FNO2/c6-1-4(8)5-2-7-3-9-5/h2-4,8H,1H2. The number of hydrogen-bond acceptors (Lipinski definition) is 3. The largest absolute Gasteiger partial charge is 0.446 e. The van der Waals surface area contributed by atoms with Gasteiger partial charge in [-0.25, -0.2) is 9.37 Å². The van der Waals surface area contributed by atoms with Gasteiger partial charge < -0.3 is 9.52 Å². The maximum atomic E-state index is 11.6. The van der Waals surface area contributed by atoms with Gasteiger partial charge in [-0.05, 0) is 0 Å². The van der Waals surface area contributed by atoms with Crippen molar-refractivity contribution < 1.29 is 13.9 Å². The highest BCUT2D eigenvalue weighted by molar-refractivity contribution is 4.92. The smallest absolute Gasteiger partial charge is 0.180 e. The summed E-state index contributed by atoms with van der Waals surface area (Å²) < 4.78 is 16.2. The maximum absolute atomic E-state index is 11.6. The van der Waals surface area contributed by atoms with Crippen molar-refractivity contribution in [3.8, 4) is 0 Å². The van der Waals surface area contributed by atoms with Gasteiger partial charge in [0.05, 0.1) is 6.20 Å². The summed E-state index contributed by atoms with van der Waals surface area (Å²) in [5.41, 5.74) is 0. The first-order chi connectivity index (χ1) is 4.34. The molecule has 0 fully saturated rings. The molecule has 0 spiro atoms. The Morgan fingerprint density at radius 3 is 3.11 bits per heavy atom. The van der Waals surface area contributed by atoms with Crippen LogP contribution in [0.25, 0.3) is 0 Å². The second-order valence-corrected chi connectivity index (χ2v) is 1.57. The Bertz CT molecular complexity index is 163. The summed E-state index contributed by atoms with van der Waals surface area (Å²) in [5.74, 6) is 0.164. The fraction of sp³-hybridized carbons (Fsp3) is 0.400. The number of nitrogens with zero attached hydrogens (tertiary/aromatic N) is 1. The molecule has 0 amide bonds. The van der Waals surface area contributed by atoms with E-state index in [4.69, 9.17) is 5.11 Å². The molecular formula is C5H6FNO2. The molecule has 0 saturated heterocycles. The molecule has 1 unspecified atom stereocenters. The van der Waals surface area contributed by atoms with Crippen LogP contribution < -0.4 is 0 Å². The summed E-state index contributed by atoms with van der Waals surface area (Å²) in [5, 5.41) is 8.71. The molecule has 1 heterocycles. The predicted molar refractivity (Wildman–Crippen MR) is 27.4 cm³/mol. The molecule has 0 radical (unpaired) electrons. The van der Waals surface area contributed by atoms with Crippen LogP contribution in [0.4, 0.5) is 4.39 Å². The Morgan fingerprint density at radius 1 is 1.89 bits per heavy atom. The van der Waals surface area contributed by atoms with Crippen LogP contribution in [0.15, 0.2) is 17.0 Å². The van der Waals surface area contributed by atoms with Crippen molar-refractivity contribution in [1.29, 1.82) is 0 Å². The Hall–Kier alpha value is -0.900. The second kappa shape index (κ2) is 2.59. The number of aliphatic hydroxyl groups excluding tert-OH is 1. The topological polar surface area (TPSA) is 46.3 Å². The molecule has 0 aliphatic carbocycles. The number of aliphatic hydroxyl groups is 1. The zero-order valence-corrected chi connectivity index (χ0v) is 4.62. The molecule has 1 atom stereocenters. The number of rotatable bonds is 2. The maximum Gasteiger partial charge on any atom is 0.180 e. The summed E-state index contributed by atoms with van der Waals surface area (Å²) in [6.07, 6.45) is 1.27. The van der Waals surface area contributed by atoms with Crippen LogP contribution in [0, 0.1) is 0 Å². The van der Waals surface area contributed by atoms with E-state index in [9.17, 15) is 4.39 Å². The van der Waals surface area contributed by atoms with Gasteiger partial charge in [0.25, 0.3) is 0 Å². The molecule has 1 rings (SSSR count). The second-order valence-electron chi connectivity index (χ2n) is 1.57. The Labute approximate surface area is 51.1 Å². The number of halogens is 1. The predicted octanol–water partition coefficient (Wildman–Crippen LogP) is 0.677. The molecule has 1 N–H and O–H groups in total. The minimum Gasteiger partial charge on any atom is -0.446 e. The van der Waals surface area contributed by atoms with Gasteiger partial charge in [-0.2, -0.15) is 0 Å². The SMILES string of the molecule is OC(CF)c1cnco1. The van der Waals surface area contributed by atoms with Crippen LogP contribution in [0.2, 0.25) is 0 Å². The fourth-order valence-electron chi connectivity index (χ4n) is 0.466. The third-order valence-electron chi connectivity index (χ3n) is 0.926. The summed E-state index contributed by atoms with van der Waals surface area (Å²) in [7, 11) is 0. The average molecular weight is 131 g/mol. The summed E-state index contributed by atoms with van der Waals surface area (Å²) >= 11 is 0. The number of oxazole rings is 1. The van der Waals surface area contributed by atoms with Crippen LogP contribution in [0.5, 0.6) is 0 Å². The van der Waals surface area contributed by atoms with E-state index in [0.717, 1.165) is 6.39 Å². The fourth-order valence-corrected chi connectivity index (χ4v) is 0.466. The van der Waals surface area contributed by atoms with Gasteiger partial charge in [0.15, 0.2) is 12.2 Å². The van der Waals surface area contributed by atoms with Crippen LogP contribution in [-0.4, -0.2) is 16.8 Å². The minimum absolute atomic E-state index is 0.164. The minimum atomic E-state index is -1.16. The molecule has 0 saturated carbocycles. The quantitative estimate of drug-likeness (QED) is 0.641. The van der Waals surface area contributed by atoms with Gasteiger partial charge in [0.2, 0.25) is 0 Å². The molecule has 50 valence electrons. The number of hydrogen-bond donors (Lipinski definition) is 1. The van der Waals surface area contributed by atoms with Crippen LogP contribution in [-0.2, 0) is 0 Å². The molecular weight excluding hydrogens is 125 g/mol. The van der Waals surface area contributed by atoms with Gasteiger partial charge in [-0.3, -0.25) is 0 Å². The Kier molecular flexibility index (Phi) is 1.79. The van der Waals surface area contributed by atoms with Crippen molar-refractivity contribution in [2.24, 2.45) is 0 Å². The van der Waals surface area contributed by atoms with E-state index in [1.165, 1.54) is 6.20 Å². The average Bonchev–Trinajstić information content (AvgIpc) is 2.37. The van der Waals surface area contributed by atoms with Gasteiger partial charge in [-0.1, -0.05) is 0 Å². The third-order valence-corrected chi connectivity index (χ3v) is 0.926. The Morgan fingerprint density at radius 2 is 2.67 bits per heavy atom. The highest BCUT2D eigenvalue weighted by atomic mass is 19.1. The van der Waals surface area contributed by atoms with E-state index in [1.807, 2.05) is 0 Å². The highest BCUT2D eigenvalue weighted by Gasteiger charge is 2.08.